The topological polar surface area (TPSA) is 65.7 Å². The smallest absolute Gasteiger partial charge is 0.163 e. The Balaban J connectivity index is 1.60. The van der Waals surface area contributed by atoms with Gasteiger partial charge in [0.25, 0.3) is 0 Å². The van der Waals surface area contributed by atoms with Crippen molar-refractivity contribution >= 4 is 11.4 Å². The Kier molecular flexibility index (Phi) is 3.64. The first-order valence-electron chi connectivity index (χ1n) is 6.87. The number of hydrogen-bond acceptors (Lipinski definition) is 5. The van der Waals surface area contributed by atoms with Crippen LogP contribution in [0.2, 0.25) is 0 Å². The van der Waals surface area contributed by atoms with E-state index in [1.165, 1.54) is 6.42 Å². The quantitative estimate of drug-likeness (QED) is 0.814. The highest BCUT2D eigenvalue weighted by Gasteiger charge is 2.16. The standard InChI is InChI=1S/C14H20N2O3/c15-11-8-13-14(19-7-6-18-13)9-12(11)16-4-3-10-2-1-5-17-10/h8-10,16H,1-7,15H2. The van der Waals surface area contributed by atoms with E-state index in [0.29, 0.717) is 25.0 Å². The Morgan fingerprint density at radius 3 is 2.68 bits per heavy atom. The van der Waals surface area contributed by atoms with Crippen molar-refractivity contribution in [1.82, 2.24) is 0 Å². The third-order valence-electron chi connectivity index (χ3n) is 3.52. The number of benzene rings is 1. The summed E-state index contributed by atoms with van der Waals surface area (Å²) >= 11 is 0. The molecule has 1 aromatic rings. The summed E-state index contributed by atoms with van der Waals surface area (Å²) in [6, 6.07) is 3.74. The molecule has 1 unspecified atom stereocenters. The Morgan fingerprint density at radius 2 is 1.95 bits per heavy atom. The minimum atomic E-state index is 0.394. The van der Waals surface area contributed by atoms with Crippen molar-refractivity contribution in [2.75, 3.05) is 37.4 Å². The second-order valence-electron chi connectivity index (χ2n) is 4.93. The molecule has 5 nitrogen and oxygen atoms in total. The highest BCUT2D eigenvalue weighted by Crippen LogP contribution is 2.36. The van der Waals surface area contributed by atoms with Crippen molar-refractivity contribution in [1.29, 1.82) is 0 Å². The molecule has 1 atom stereocenters. The molecule has 2 aliphatic heterocycles. The predicted octanol–water partition coefficient (Wildman–Crippen LogP) is 2.02. The fourth-order valence-electron chi connectivity index (χ4n) is 2.50. The molecule has 19 heavy (non-hydrogen) atoms. The van der Waals surface area contributed by atoms with Crippen LogP contribution in [0, 0.1) is 0 Å². The zero-order valence-electron chi connectivity index (χ0n) is 11.0. The van der Waals surface area contributed by atoms with E-state index in [2.05, 4.69) is 5.32 Å². The van der Waals surface area contributed by atoms with Gasteiger partial charge in [-0.1, -0.05) is 0 Å². The minimum absolute atomic E-state index is 0.394. The highest BCUT2D eigenvalue weighted by molar-refractivity contribution is 5.72. The van der Waals surface area contributed by atoms with Crippen LogP contribution >= 0.6 is 0 Å². The minimum Gasteiger partial charge on any atom is -0.486 e. The lowest BCUT2D eigenvalue weighted by atomic mass is 10.1. The lowest BCUT2D eigenvalue weighted by molar-refractivity contribution is 0.107. The number of ether oxygens (including phenoxy) is 3. The highest BCUT2D eigenvalue weighted by atomic mass is 16.6. The van der Waals surface area contributed by atoms with E-state index in [9.17, 15) is 0 Å². The Hall–Kier alpha value is -1.62. The zero-order valence-corrected chi connectivity index (χ0v) is 11.0. The monoisotopic (exact) mass is 264 g/mol. The van der Waals surface area contributed by atoms with Gasteiger partial charge in [-0.05, 0) is 19.3 Å². The maximum atomic E-state index is 6.01. The summed E-state index contributed by atoms with van der Waals surface area (Å²) in [5.41, 5.74) is 7.61. The second-order valence-corrected chi connectivity index (χ2v) is 4.93. The Morgan fingerprint density at radius 1 is 1.16 bits per heavy atom. The molecule has 1 fully saturated rings. The fraction of sp³-hybridized carbons (Fsp3) is 0.571. The number of nitrogens with one attached hydrogen (secondary N) is 1. The van der Waals surface area contributed by atoms with E-state index in [0.717, 1.165) is 43.2 Å². The van der Waals surface area contributed by atoms with Gasteiger partial charge in [0.1, 0.15) is 13.2 Å². The van der Waals surface area contributed by atoms with Crippen molar-refractivity contribution < 1.29 is 14.2 Å². The van der Waals surface area contributed by atoms with Gasteiger partial charge in [-0.2, -0.15) is 0 Å². The molecule has 3 rings (SSSR count). The SMILES string of the molecule is Nc1cc2c(cc1NCCC1CCCO1)OCCO2. The third-order valence-corrected chi connectivity index (χ3v) is 3.52. The lowest BCUT2D eigenvalue weighted by Crippen LogP contribution is -2.17. The van der Waals surface area contributed by atoms with Gasteiger partial charge in [-0.25, -0.2) is 0 Å². The van der Waals surface area contributed by atoms with Gasteiger partial charge in [-0.3, -0.25) is 0 Å². The second kappa shape index (κ2) is 5.57. The number of hydrogen-bond donors (Lipinski definition) is 2. The number of nitrogens with two attached hydrogens (primary N) is 1. The van der Waals surface area contributed by atoms with E-state index in [1.54, 1.807) is 0 Å². The number of rotatable bonds is 4. The van der Waals surface area contributed by atoms with Crippen LogP contribution in [0.4, 0.5) is 11.4 Å². The molecular weight excluding hydrogens is 244 g/mol. The summed E-state index contributed by atoms with van der Waals surface area (Å²) in [6.07, 6.45) is 3.74. The van der Waals surface area contributed by atoms with Crippen LogP contribution in [-0.2, 0) is 4.74 Å². The average molecular weight is 264 g/mol. The van der Waals surface area contributed by atoms with Crippen molar-refractivity contribution in [2.45, 2.75) is 25.4 Å². The molecule has 0 spiro atoms. The third kappa shape index (κ3) is 2.87. The van der Waals surface area contributed by atoms with Gasteiger partial charge in [0.15, 0.2) is 11.5 Å². The molecule has 1 saturated heterocycles. The van der Waals surface area contributed by atoms with Gasteiger partial charge >= 0.3 is 0 Å². The van der Waals surface area contributed by atoms with Crippen LogP contribution in [0.3, 0.4) is 0 Å². The maximum absolute atomic E-state index is 6.01. The van der Waals surface area contributed by atoms with Crippen molar-refractivity contribution in [3.05, 3.63) is 12.1 Å². The number of fused-ring (bicyclic) bond motifs is 1. The largest absolute Gasteiger partial charge is 0.486 e. The van der Waals surface area contributed by atoms with E-state index in [1.807, 2.05) is 12.1 Å². The van der Waals surface area contributed by atoms with Gasteiger partial charge in [0.2, 0.25) is 0 Å². The lowest BCUT2D eigenvalue weighted by Gasteiger charge is -2.21. The molecule has 0 amide bonds. The van der Waals surface area contributed by atoms with Crippen molar-refractivity contribution in [3.8, 4) is 11.5 Å². The van der Waals surface area contributed by atoms with Crippen molar-refractivity contribution in [2.24, 2.45) is 0 Å². The maximum Gasteiger partial charge on any atom is 0.163 e. The van der Waals surface area contributed by atoms with Crippen LogP contribution in [0.15, 0.2) is 12.1 Å². The summed E-state index contributed by atoms with van der Waals surface area (Å²) in [5.74, 6) is 1.49. The first-order valence-corrected chi connectivity index (χ1v) is 6.87. The predicted molar refractivity (Wildman–Crippen MR) is 73.9 cm³/mol. The van der Waals surface area contributed by atoms with Crippen LogP contribution in [-0.4, -0.2) is 32.5 Å². The van der Waals surface area contributed by atoms with Crippen LogP contribution < -0.4 is 20.5 Å². The molecule has 0 aliphatic carbocycles. The van der Waals surface area contributed by atoms with Gasteiger partial charge in [0, 0.05) is 25.3 Å². The molecule has 0 bridgehead atoms. The summed E-state index contributed by atoms with van der Waals surface area (Å²) in [4.78, 5) is 0. The summed E-state index contributed by atoms with van der Waals surface area (Å²) < 4.78 is 16.6. The fourth-order valence-corrected chi connectivity index (χ4v) is 2.50. The Labute approximate surface area is 113 Å². The van der Waals surface area contributed by atoms with Crippen LogP contribution in [0.1, 0.15) is 19.3 Å². The van der Waals surface area contributed by atoms with Gasteiger partial charge in [0.05, 0.1) is 17.5 Å². The Bertz CT molecular complexity index is 445. The molecule has 5 heteroatoms. The molecule has 3 N–H and O–H groups in total. The molecule has 1 aromatic carbocycles. The molecule has 2 heterocycles. The van der Waals surface area contributed by atoms with Gasteiger partial charge < -0.3 is 25.3 Å². The first kappa shape index (κ1) is 12.4. The summed E-state index contributed by atoms with van der Waals surface area (Å²) in [7, 11) is 0. The van der Waals surface area contributed by atoms with Gasteiger partial charge in [-0.15, -0.1) is 0 Å². The summed E-state index contributed by atoms with van der Waals surface area (Å²) in [5, 5.41) is 3.35. The normalized spacial score (nSPS) is 21.4. The average Bonchev–Trinajstić information content (AvgIpc) is 2.92. The molecule has 0 saturated carbocycles. The number of anilines is 2. The molecule has 104 valence electrons. The van der Waals surface area contributed by atoms with Crippen LogP contribution in [0.25, 0.3) is 0 Å². The zero-order chi connectivity index (χ0) is 13.1. The van der Waals surface area contributed by atoms with E-state index < -0.39 is 0 Å². The molecule has 0 aromatic heterocycles. The summed E-state index contributed by atoms with van der Waals surface area (Å²) in [6.45, 7) is 2.93. The number of nitrogen functional groups attached to an aromatic ring is 1. The molecule has 0 radical (unpaired) electrons. The van der Waals surface area contributed by atoms with E-state index in [-0.39, 0.29) is 0 Å². The first-order chi connectivity index (χ1) is 9.33. The molecular formula is C14H20N2O3. The van der Waals surface area contributed by atoms with Crippen molar-refractivity contribution in [3.63, 3.8) is 0 Å². The van der Waals surface area contributed by atoms with Crippen LogP contribution in [0.5, 0.6) is 11.5 Å². The molecule has 2 aliphatic rings. The van der Waals surface area contributed by atoms with E-state index in [4.69, 9.17) is 19.9 Å². The van der Waals surface area contributed by atoms with E-state index >= 15 is 0 Å².